The minimum atomic E-state index is -3.44. The molecule has 0 saturated carbocycles. The molecule has 2 aliphatic heterocycles. The van der Waals surface area contributed by atoms with E-state index in [1.807, 2.05) is 12.1 Å². The molecule has 2 aliphatic rings. The Morgan fingerprint density at radius 2 is 1.83 bits per heavy atom. The smallest absolute Gasteiger partial charge is 0.240 e. The SMILES string of the molecule is O=S(=O)(NCC1CCN(C[C@H]2COc3ccc(Cl)cc3O2)CC1)c1ccccc1. The molecule has 8 heteroatoms. The molecule has 0 unspecified atom stereocenters. The molecule has 4 rings (SSSR count). The predicted octanol–water partition coefficient (Wildman–Crippen LogP) is 3.17. The van der Waals surface area contributed by atoms with Gasteiger partial charge in [0, 0.05) is 24.2 Å². The van der Waals surface area contributed by atoms with Crippen LogP contribution in [0.1, 0.15) is 12.8 Å². The van der Waals surface area contributed by atoms with Gasteiger partial charge in [-0.1, -0.05) is 29.8 Å². The summed E-state index contributed by atoms with van der Waals surface area (Å²) in [5, 5.41) is 0.631. The van der Waals surface area contributed by atoms with Gasteiger partial charge in [-0.2, -0.15) is 0 Å². The molecule has 0 aromatic heterocycles. The molecule has 2 heterocycles. The molecule has 6 nitrogen and oxygen atoms in total. The van der Waals surface area contributed by atoms with Crippen molar-refractivity contribution in [2.75, 3.05) is 32.8 Å². The van der Waals surface area contributed by atoms with Gasteiger partial charge in [0.1, 0.15) is 12.7 Å². The summed E-state index contributed by atoms with van der Waals surface area (Å²) in [4.78, 5) is 2.67. The van der Waals surface area contributed by atoms with E-state index in [1.54, 1.807) is 36.4 Å². The first kappa shape index (κ1) is 20.5. The molecule has 1 N–H and O–H groups in total. The Bertz CT molecular complexity index is 931. The third-order valence-corrected chi connectivity index (χ3v) is 7.08. The van der Waals surface area contributed by atoms with E-state index in [9.17, 15) is 8.42 Å². The summed E-state index contributed by atoms with van der Waals surface area (Å²) in [6, 6.07) is 13.9. The zero-order chi connectivity index (χ0) is 20.3. The van der Waals surface area contributed by atoms with Crippen LogP contribution in [-0.4, -0.2) is 52.2 Å². The average Bonchev–Trinajstić information content (AvgIpc) is 2.74. The summed E-state index contributed by atoms with van der Waals surface area (Å²) in [6.07, 6.45) is 1.87. The van der Waals surface area contributed by atoms with Crippen LogP contribution in [-0.2, 0) is 10.0 Å². The van der Waals surface area contributed by atoms with Crippen LogP contribution >= 0.6 is 11.6 Å². The molecule has 0 spiro atoms. The number of halogens is 1. The van der Waals surface area contributed by atoms with Gasteiger partial charge in [0.2, 0.25) is 10.0 Å². The van der Waals surface area contributed by atoms with Gasteiger partial charge in [0.15, 0.2) is 11.5 Å². The second kappa shape index (κ2) is 8.92. The Hall–Kier alpha value is -1.80. The third kappa shape index (κ3) is 5.22. The van der Waals surface area contributed by atoms with Gasteiger partial charge < -0.3 is 9.47 Å². The molecule has 2 aromatic carbocycles. The van der Waals surface area contributed by atoms with Crippen molar-refractivity contribution < 1.29 is 17.9 Å². The summed E-state index contributed by atoms with van der Waals surface area (Å²) < 4.78 is 39.3. The molecular formula is C21H25ClN2O4S. The molecule has 2 aromatic rings. The topological polar surface area (TPSA) is 67.9 Å². The van der Waals surface area contributed by atoms with Crippen LogP contribution in [0.2, 0.25) is 5.02 Å². The molecule has 0 aliphatic carbocycles. The maximum Gasteiger partial charge on any atom is 0.240 e. The molecule has 1 atom stereocenters. The lowest BCUT2D eigenvalue weighted by molar-refractivity contribution is 0.0481. The van der Waals surface area contributed by atoms with Crippen molar-refractivity contribution in [2.24, 2.45) is 5.92 Å². The summed E-state index contributed by atoms with van der Waals surface area (Å²) in [7, 11) is -3.44. The highest BCUT2D eigenvalue weighted by molar-refractivity contribution is 7.89. The Kier molecular flexibility index (Phi) is 6.29. The Balaban J connectivity index is 1.23. The van der Waals surface area contributed by atoms with Crippen LogP contribution in [0.3, 0.4) is 0 Å². The molecule has 1 saturated heterocycles. The van der Waals surface area contributed by atoms with Gasteiger partial charge in [0.05, 0.1) is 4.90 Å². The molecule has 0 bridgehead atoms. The van der Waals surface area contributed by atoms with Crippen LogP contribution in [0.15, 0.2) is 53.4 Å². The minimum absolute atomic E-state index is 0.0332. The number of nitrogens with zero attached hydrogens (tertiary/aromatic N) is 1. The van der Waals surface area contributed by atoms with Crippen molar-refractivity contribution in [1.29, 1.82) is 0 Å². The molecule has 0 radical (unpaired) electrons. The lowest BCUT2D eigenvalue weighted by atomic mass is 9.97. The fraction of sp³-hybridized carbons (Fsp3) is 0.429. The number of fused-ring (bicyclic) bond motifs is 1. The highest BCUT2D eigenvalue weighted by atomic mass is 35.5. The minimum Gasteiger partial charge on any atom is -0.486 e. The maximum atomic E-state index is 12.4. The number of ether oxygens (including phenoxy) is 2. The number of rotatable bonds is 6. The molecule has 0 amide bonds. The fourth-order valence-corrected chi connectivity index (χ4v) is 5.05. The number of piperidine rings is 1. The Labute approximate surface area is 176 Å². The highest BCUT2D eigenvalue weighted by Crippen LogP contribution is 2.34. The summed E-state index contributed by atoms with van der Waals surface area (Å²) in [5.41, 5.74) is 0. The van der Waals surface area contributed by atoms with Crippen LogP contribution in [0.5, 0.6) is 11.5 Å². The molecule has 156 valence electrons. The van der Waals surface area contributed by atoms with Crippen molar-refractivity contribution >= 4 is 21.6 Å². The molecular weight excluding hydrogens is 412 g/mol. The Morgan fingerprint density at radius 1 is 1.07 bits per heavy atom. The van der Waals surface area contributed by atoms with Crippen molar-refractivity contribution in [3.8, 4) is 11.5 Å². The standard InChI is InChI=1S/C21H25ClN2O4S/c22-17-6-7-20-21(12-17)28-18(15-27-20)14-24-10-8-16(9-11-24)13-23-29(25,26)19-4-2-1-3-5-19/h1-7,12,16,18,23H,8-11,13-15H2/t18-/m0/s1. The zero-order valence-corrected chi connectivity index (χ0v) is 17.7. The number of hydrogen-bond donors (Lipinski definition) is 1. The normalized spacial score (nSPS) is 20.5. The first-order valence-electron chi connectivity index (χ1n) is 9.86. The van der Waals surface area contributed by atoms with Gasteiger partial charge in [-0.05, 0) is 56.1 Å². The van der Waals surface area contributed by atoms with E-state index in [2.05, 4.69) is 9.62 Å². The number of hydrogen-bond acceptors (Lipinski definition) is 5. The van der Waals surface area contributed by atoms with E-state index in [-0.39, 0.29) is 6.10 Å². The van der Waals surface area contributed by atoms with E-state index in [1.165, 1.54) is 0 Å². The second-order valence-corrected chi connectivity index (χ2v) is 9.75. The van der Waals surface area contributed by atoms with Crippen LogP contribution in [0, 0.1) is 5.92 Å². The van der Waals surface area contributed by atoms with Crippen LogP contribution < -0.4 is 14.2 Å². The van der Waals surface area contributed by atoms with Crippen LogP contribution in [0.25, 0.3) is 0 Å². The van der Waals surface area contributed by atoms with Gasteiger partial charge in [-0.3, -0.25) is 4.90 Å². The maximum absolute atomic E-state index is 12.4. The van der Waals surface area contributed by atoms with Crippen molar-refractivity contribution in [1.82, 2.24) is 9.62 Å². The summed E-state index contributed by atoms with van der Waals surface area (Å²) >= 11 is 6.04. The van der Waals surface area contributed by atoms with E-state index in [0.717, 1.165) is 38.2 Å². The van der Waals surface area contributed by atoms with Gasteiger partial charge in [-0.25, -0.2) is 13.1 Å². The van der Waals surface area contributed by atoms with Gasteiger partial charge >= 0.3 is 0 Å². The van der Waals surface area contributed by atoms with Crippen molar-refractivity contribution in [2.45, 2.75) is 23.8 Å². The van der Waals surface area contributed by atoms with Crippen molar-refractivity contribution in [3.05, 3.63) is 53.6 Å². The quantitative estimate of drug-likeness (QED) is 0.753. The predicted molar refractivity (Wildman–Crippen MR) is 112 cm³/mol. The zero-order valence-electron chi connectivity index (χ0n) is 16.1. The number of sulfonamides is 1. The van der Waals surface area contributed by atoms with Gasteiger partial charge in [0.25, 0.3) is 0 Å². The van der Waals surface area contributed by atoms with Crippen molar-refractivity contribution in [3.63, 3.8) is 0 Å². The van der Waals surface area contributed by atoms with E-state index < -0.39 is 10.0 Å². The monoisotopic (exact) mass is 436 g/mol. The van der Waals surface area contributed by atoms with Gasteiger partial charge in [-0.15, -0.1) is 0 Å². The summed E-state index contributed by atoms with van der Waals surface area (Å²) in [5.74, 6) is 1.77. The number of nitrogens with one attached hydrogen (secondary N) is 1. The van der Waals surface area contributed by atoms with E-state index in [4.69, 9.17) is 21.1 Å². The van der Waals surface area contributed by atoms with Crippen LogP contribution in [0.4, 0.5) is 0 Å². The average molecular weight is 437 g/mol. The number of benzene rings is 2. The fourth-order valence-electron chi connectivity index (χ4n) is 3.75. The molecule has 29 heavy (non-hydrogen) atoms. The summed E-state index contributed by atoms with van der Waals surface area (Å²) in [6.45, 7) is 3.61. The third-order valence-electron chi connectivity index (χ3n) is 5.41. The lowest BCUT2D eigenvalue weighted by Crippen LogP contribution is -2.45. The first-order chi connectivity index (χ1) is 14.0. The first-order valence-corrected chi connectivity index (χ1v) is 11.7. The highest BCUT2D eigenvalue weighted by Gasteiger charge is 2.27. The number of likely N-dealkylation sites (tertiary alicyclic amines) is 1. The second-order valence-electron chi connectivity index (χ2n) is 7.55. The van der Waals surface area contributed by atoms with E-state index >= 15 is 0 Å². The molecule has 1 fully saturated rings. The van der Waals surface area contributed by atoms with E-state index in [0.29, 0.717) is 34.7 Å². The Morgan fingerprint density at radius 3 is 2.59 bits per heavy atom. The largest absolute Gasteiger partial charge is 0.486 e. The lowest BCUT2D eigenvalue weighted by Gasteiger charge is -2.35.